The summed E-state index contributed by atoms with van der Waals surface area (Å²) in [4.78, 5) is 19.7. The Morgan fingerprint density at radius 1 is 0.897 bits per heavy atom. The molecule has 0 bridgehead atoms. The van der Waals surface area contributed by atoms with Crippen LogP contribution >= 0.6 is 0 Å². The number of rotatable bonds is 6. The number of aromatic nitrogens is 2. The minimum atomic E-state index is -0.431. The predicted octanol–water partition coefficient (Wildman–Crippen LogP) is 4.57. The number of benzene rings is 3. The number of hydrogen-bond acceptors (Lipinski definition) is 6. The minimum absolute atomic E-state index is 0.0423. The molecule has 0 spiro atoms. The van der Waals surface area contributed by atoms with Crippen LogP contribution in [0.3, 0.4) is 0 Å². The summed E-state index contributed by atoms with van der Waals surface area (Å²) in [5, 5.41) is 15.0. The van der Waals surface area contributed by atoms with Gasteiger partial charge in [-0.2, -0.15) is 5.10 Å². The SMILES string of the molecule is O=[N+]([O-])c1ccc(/C=N\Nc2nc3ccccc3nc2Cc2ccccc2)cc1. The quantitative estimate of drug-likeness (QED) is 0.299. The molecule has 3 aromatic carbocycles. The van der Waals surface area contributed by atoms with E-state index in [9.17, 15) is 10.1 Å². The summed E-state index contributed by atoms with van der Waals surface area (Å²) in [6, 6.07) is 23.9. The zero-order valence-corrected chi connectivity index (χ0v) is 15.4. The van der Waals surface area contributed by atoms with E-state index >= 15 is 0 Å². The van der Waals surface area contributed by atoms with E-state index in [1.807, 2.05) is 54.6 Å². The lowest BCUT2D eigenvalue weighted by molar-refractivity contribution is -0.384. The normalized spacial score (nSPS) is 11.0. The monoisotopic (exact) mass is 383 g/mol. The Bertz CT molecular complexity index is 1170. The Labute approximate surface area is 166 Å². The van der Waals surface area contributed by atoms with Crippen LogP contribution in [0.4, 0.5) is 11.5 Å². The molecule has 7 nitrogen and oxygen atoms in total. The van der Waals surface area contributed by atoms with E-state index in [1.165, 1.54) is 12.1 Å². The lowest BCUT2D eigenvalue weighted by Crippen LogP contribution is -2.03. The van der Waals surface area contributed by atoms with E-state index in [4.69, 9.17) is 4.98 Å². The molecule has 0 atom stereocenters. The van der Waals surface area contributed by atoms with Gasteiger partial charge in [0.05, 0.1) is 27.9 Å². The number of anilines is 1. The van der Waals surface area contributed by atoms with E-state index < -0.39 is 4.92 Å². The van der Waals surface area contributed by atoms with Gasteiger partial charge in [0.15, 0.2) is 5.82 Å². The van der Waals surface area contributed by atoms with Gasteiger partial charge in [0.1, 0.15) is 0 Å². The second-order valence-corrected chi connectivity index (χ2v) is 6.39. The molecule has 0 aliphatic heterocycles. The van der Waals surface area contributed by atoms with Crippen LogP contribution in [-0.4, -0.2) is 21.1 Å². The van der Waals surface area contributed by atoms with Crippen LogP contribution in [0.25, 0.3) is 11.0 Å². The maximum atomic E-state index is 10.8. The van der Waals surface area contributed by atoms with Gasteiger partial charge in [-0.15, -0.1) is 0 Å². The Hall–Kier alpha value is -4.13. The number of fused-ring (bicyclic) bond motifs is 1. The van der Waals surface area contributed by atoms with Crippen LogP contribution in [-0.2, 0) is 6.42 Å². The van der Waals surface area contributed by atoms with Gasteiger partial charge in [-0.1, -0.05) is 42.5 Å². The van der Waals surface area contributed by atoms with Gasteiger partial charge >= 0.3 is 0 Å². The summed E-state index contributed by atoms with van der Waals surface area (Å²) >= 11 is 0. The van der Waals surface area contributed by atoms with Crippen LogP contribution in [0.15, 0.2) is 84.0 Å². The van der Waals surface area contributed by atoms with E-state index in [2.05, 4.69) is 15.5 Å². The predicted molar refractivity (Wildman–Crippen MR) is 113 cm³/mol. The van der Waals surface area contributed by atoms with Crippen molar-refractivity contribution in [2.24, 2.45) is 5.10 Å². The zero-order valence-electron chi connectivity index (χ0n) is 15.4. The molecule has 1 heterocycles. The Morgan fingerprint density at radius 2 is 1.55 bits per heavy atom. The van der Waals surface area contributed by atoms with Crippen LogP contribution in [0.2, 0.25) is 0 Å². The van der Waals surface area contributed by atoms with Crippen molar-refractivity contribution < 1.29 is 4.92 Å². The van der Waals surface area contributed by atoms with Gasteiger partial charge in [-0.05, 0) is 35.4 Å². The smallest absolute Gasteiger partial charge is 0.260 e. The molecule has 1 aromatic heterocycles. The third-order valence-corrected chi connectivity index (χ3v) is 4.35. The molecule has 1 N–H and O–H groups in total. The molecule has 0 amide bonds. The average Bonchev–Trinajstić information content (AvgIpc) is 2.75. The van der Waals surface area contributed by atoms with Crippen molar-refractivity contribution in [3.8, 4) is 0 Å². The van der Waals surface area contributed by atoms with E-state index in [-0.39, 0.29) is 5.69 Å². The lowest BCUT2D eigenvalue weighted by atomic mass is 10.1. The van der Waals surface area contributed by atoms with E-state index in [0.717, 1.165) is 27.9 Å². The van der Waals surface area contributed by atoms with Crippen molar-refractivity contribution in [3.05, 3.63) is 106 Å². The highest BCUT2D eigenvalue weighted by atomic mass is 16.6. The number of nitro benzene ring substituents is 1. The molecule has 0 radical (unpaired) electrons. The summed E-state index contributed by atoms with van der Waals surface area (Å²) in [7, 11) is 0. The number of nitrogens with zero attached hydrogens (tertiary/aromatic N) is 4. The second-order valence-electron chi connectivity index (χ2n) is 6.39. The molecule has 0 saturated carbocycles. The summed E-state index contributed by atoms with van der Waals surface area (Å²) < 4.78 is 0. The molecular formula is C22H17N5O2. The number of hydrazone groups is 1. The first-order chi connectivity index (χ1) is 14.2. The van der Waals surface area contributed by atoms with Gasteiger partial charge in [-0.25, -0.2) is 9.97 Å². The average molecular weight is 383 g/mol. The maximum Gasteiger partial charge on any atom is 0.269 e. The standard InChI is InChI=1S/C22H17N5O2/c28-27(29)18-12-10-17(11-13-18)15-23-26-22-21(14-16-6-2-1-3-7-16)24-19-8-4-5-9-20(19)25-22/h1-13,15H,14H2,(H,25,26)/b23-15-. The van der Waals surface area contributed by atoms with Crippen molar-refractivity contribution in [2.45, 2.75) is 6.42 Å². The Morgan fingerprint density at radius 3 is 2.24 bits per heavy atom. The fraction of sp³-hybridized carbons (Fsp3) is 0.0455. The number of nitrogens with one attached hydrogen (secondary N) is 1. The van der Waals surface area contributed by atoms with Crippen LogP contribution in [0.5, 0.6) is 0 Å². The Kier molecular flexibility index (Phi) is 5.20. The first-order valence-corrected chi connectivity index (χ1v) is 9.02. The summed E-state index contributed by atoms with van der Waals surface area (Å²) in [6.45, 7) is 0. The fourth-order valence-corrected chi connectivity index (χ4v) is 2.89. The number of non-ortho nitro benzene ring substituents is 1. The minimum Gasteiger partial charge on any atom is -0.260 e. The highest BCUT2D eigenvalue weighted by molar-refractivity contribution is 5.81. The van der Waals surface area contributed by atoms with Crippen molar-refractivity contribution in [2.75, 3.05) is 5.43 Å². The topological polar surface area (TPSA) is 93.3 Å². The molecule has 4 rings (SSSR count). The zero-order chi connectivity index (χ0) is 20.1. The summed E-state index contributed by atoms with van der Waals surface area (Å²) in [6.07, 6.45) is 2.21. The molecule has 0 aliphatic rings. The summed E-state index contributed by atoms with van der Waals surface area (Å²) in [5.74, 6) is 0.575. The molecule has 0 unspecified atom stereocenters. The van der Waals surface area contributed by atoms with Gasteiger partial charge in [0.2, 0.25) is 0 Å². The lowest BCUT2D eigenvalue weighted by Gasteiger charge is -2.09. The highest BCUT2D eigenvalue weighted by Gasteiger charge is 2.09. The van der Waals surface area contributed by atoms with Crippen molar-refractivity contribution >= 4 is 28.8 Å². The first-order valence-electron chi connectivity index (χ1n) is 9.02. The van der Waals surface area contributed by atoms with Crippen molar-refractivity contribution in [1.29, 1.82) is 0 Å². The van der Waals surface area contributed by atoms with E-state index in [0.29, 0.717) is 12.2 Å². The Balaban J connectivity index is 1.60. The molecule has 142 valence electrons. The summed E-state index contributed by atoms with van der Waals surface area (Å²) in [5.41, 5.74) is 7.26. The van der Waals surface area contributed by atoms with Gasteiger partial charge < -0.3 is 0 Å². The third-order valence-electron chi connectivity index (χ3n) is 4.35. The van der Waals surface area contributed by atoms with Crippen LogP contribution < -0.4 is 5.43 Å². The third kappa shape index (κ3) is 4.41. The molecule has 0 fully saturated rings. The highest BCUT2D eigenvalue weighted by Crippen LogP contribution is 2.20. The molecule has 29 heavy (non-hydrogen) atoms. The first kappa shape index (κ1) is 18.2. The van der Waals surface area contributed by atoms with Gasteiger partial charge in [-0.3, -0.25) is 15.5 Å². The van der Waals surface area contributed by atoms with Crippen LogP contribution in [0.1, 0.15) is 16.8 Å². The molecular weight excluding hydrogens is 366 g/mol. The second kappa shape index (κ2) is 8.26. The van der Waals surface area contributed by atoms with E-state index in [1.54, 1.807) is 18.3 Å². The molecule has 7 heteroatoms. The van der Waals surface area contributed by atoms with Gasteiger partial charge in [0.25, 0.3) is 5.69 Å². The molecule has 0 aliphatic carbocycles. The number of hydrogen-bond donors (Lipinski definition) is 1. The van der Waals surface area contributed by atoms with Crippen molar-refractivity contribution in [1.82, 2.24) is 9.97 Å². The largest absolute Gasteiger partial charge is 0.269 e. The number of para-hydroxylation sites is 2. The molecule has 4 aromatic rings. The number of nitro groups is 1. The van der Waals surface area contributed by atoms with Crippen molar-refractivity contribution in [3.63, 3.8) is 0 Å². The van der Waals surface area contributed by atoms with Gasteiger partial charge in [0, 0.05) is 18.6 Å². The molecule has 0 saturated heterocycles. The maximum absolute atomic E-state index is 10.8. The fourth-order valence-electron chi connectivity index (χ4n) is 2.89. The van der Waals surface area contributed by atoms with Crippen LogP contribution in [0, 0.1) is 10.1 Å².